The van der Waals surface area contributed by atoms with Crippen LogP contribution in [0.4, 0.5) is 4.79 Å². The van der Waals surface area contributed by atoms with Crippen LogP contribution in [0.5, 0.6) is 0 Å². The summed E-state index contributed by atoms with van der Waals surface area (Å²) >= 11 is 6.60. The van der Waals surface area contributed by atoms with Crippen LogP contribution in [-0.2, 0) is 22.7 Å². The van der Waals surface area contributed by atoms with Gasteiger partial charge < -0.3 is 14.4 Å². The molecule has 9 nitrogen and oxygen atoms in total. The van der Waals surface area contributed by atoms with E-state index in [0.717, 1.165) is 48.8 Å². The van der Waals surface area contributed by atoms with Crippen LogP contribution in [0, 0.1) is 0 Å². The Morgan fingerprint density at radius 3 is 2.61 bits per heavy atom. The number of hydrogen-bond acceptors (Lipinski definition) is 4. The van der Waals surface area contributed by atoms with Crippen molar-refractivity contribution in [1.82, 2.24) is 29.1 Å². The molecule has 3 aliphatic heterocycles. The van der Waals surface area contributed by atoms with Crippen LogP contribution in [-0.4, -0.2) is 61.2 Å². The van der Waals surface area contributed by atoms with Crippen molar-refractivity contribution in [3.8, 4) is 0 Å². The van der Waals surface area contributed by atoms with E-state index in [2.05, 4.69) is 14.9 Å². The first-order valence-corrected chi connectivity index (χ1v) is 13.3. The molecule has 0 saturated carbocycles. The molecule has 1 fully saturated rings. The lowest BCUT2D eigenvalue weighted by atomic mass is 9.98. The van der Waals surface area contributed by atoms with Crippen LogP contribution in [0.2, 0.25) is 5.02 Å². The summed E-state index contributed by atoms with van der Waals surface area (Å²) in [7, 11) is 0. The highest BCUT2D eigenvalue weighted by molar-refractivity contribution is 6.50. The van der Waals surface area contributed by atoms with E-state index < -0.39 is 11.8 Å². The first-order valence-electron chi connectivity index (χ1n) is 12.9. The number of amides is 4. The molecule has 4 aromatic rings. The van der Waals surface area contributed by atoms with E-state index in [9.17, 15) is 14.4 Å². The molecule has 6 heterocycles. The smallest absolute Gasteiger partial charge is 0.320 e. The minimum absolute atomic E-state index is 0.0576. The topological polar surface area (TPSA) is 92.0 Å². The highest BCUT2D eigenvalue weighted by Crippen LogP contribution is 2.39. The molecule has 0 radical (unpaired) electrons. The zero-order chi connectivity index (χ0) is 26.0. The van der Waals surface area contributed by atoms with Crippen molar-refractivity contribution in [3.63, 3.8) is 0 Å². The average Bonchev–Trinajstić information content (AvgIpc) is 3.54. The fraction of sp³-hybridized carbons (Fsp3) is 0.286. The van der Waals surface area contributed by atoms with Gasteiger partial charge in [0, 0.05) is 61.1 Å². The number of nitrogens with zero attached hydrogens (tertiary/aromatic N) is 5. The highest BCUT2D eigenvalue weighted by atomic mass is 35.5. The molecule has 3 aliphatic rings. The molecule has 0 spiro atoms. The van der Waals surface area contributed by atoms with Crippen LogP contribution in [0.25, 0.3) is 27.7 Å². The van der Waals surface area contributed by atoms with E-state index in [-0.39, 0.29) is 11.6 Å². The molecule has 0 atom stereocenters. The van der Waals surface area contributed by atoms with E-state index in [1.54, 1.807) is 10.6 Å². The first-order chi connectivity index (χ1) is 18.5. The number of nitrogens with one attached hydrogen (secondary N) is 1. The molecule has 10 heteroatoms. The molecule has 3 aromatic heterocycles. The second kappa shape index (κ2) is 8.73. The predicted octanol–water partition coefficient (Wildman–Crippen LogP) is 3.93. The number of carbonyl (C=O) groups is 3. The van der Waals surface area contributed by atoms with Gasteiger partial charge in [0.25, 0.3) is 11.8 Å². The van der Waals surface area contributed by atoms with Gasteiger partial charge in [0.2, 0.25) is 0 Å². The molecular formula is C28H25ClN6O3. The second-order valence-electron chi connectivity index (χ2n) is 10.1. The van der Waals surface area contributed by atoms with Crippen molar-refractivity contribution < 1.29 is 14.4 Å². The van der Waals surface area contributed by atoms with Crippen molar-refractivity contribution in [2.45, 2.75) is 32.4 Å². The number of pyridine rings is 1. The number of halogens is 1. The number of carbonyl (C=O) groups excluding carboxylic acids is 3. The quantitative estimate of drug-likeness (QED) is 0.399. The van der Waals surface area contributed by atoms with E-state index in [0.29, 0.717) is 47.1 Å². The summed E-state index contributed by atoms with van der Waals surface area (Å²) < 4.78 is 3.88. The SMILES string of the molecule is O=C1NC(=O)C(c2cnc3ccccn23)=C1c1cn2c3c(cc(Cl)cc13)CN(C(=O)N1CCCCC1)CC2. The Hall–Kier alpha value is -4.11. The number of likely N-dealkylation sites (tertiary alicyclic amines) is 1. The summed E-state index contributed by atoms with van der Waals surface area (Å²) in [5.74, 6) is -0.903. The van der Waals surface area contributed by atoms with Gasteiger partial charge in [-0.05, 0) is 49.1 Å². The monoisotopic (exact) mass is 528 g/mol. The lowest BCUT2D eigenvalue weighted by molar-refractivity contribution is -0.122. The third-order valence-electron chi connectivity index (χ3n) is 7.76. The van der Waals surface area contributed by atoms with E-state index in [4.69, 9.17) is 11.6 Å². The largest absolute Gasteiger partial charge is 0.345 e. The number of rotatable bonds is 2. The summed E-state index contributed by atoms with van der Waals surface area (Å²) in [5.41, 5.74) is 4.31. The molecule has 7 rings (SSSR count). The van der Waals surface area contributed by atoms with Gasteiger partial charge in [-0.25, -0.2) is 9.78 Å². The molecule has 1 N–H and O–H groups in total. The Labute approximate surface area is 223 Å². The normalized spacial score (nSPS) is 18.0. The maximum atomic E-state index is 13.3. The molecule has 4 amide bonds. The zero-order valence-electron chi connectivity index (χ0n) is 20.6. The lowest BCUT2D eigenvalue weighted by Gasteiger charge is -2.32. The fourth-order valence-electron chi connectivity index (χ4n) is 6.02. The lowest BCUT2D eigenvalue weighted by Crippen LogP contribution is -2.45. The number of imidazole rings is 1. The van der Waals surface area contributed by atoms with Gasteiger partial charge in [0.05, 0.1) is 28.6 Å². The number of urea groups is 1. The first kappa shape index (κ1) is 23.0. The fourth-order valence-corrected chi connectivity index (χ4v) is 6.26. The second-order valence-corrected chi connectivity index (χ2v) is 10.5. The Bertz CT molecular complexity index is 1690. The molecule has 0 unspecified atom stereocenters. The van der Waals surface area contributed by atoms with Crippen LogP contribution >= 0.6 is 11.6 Å². The molecule has 0 bridgehead atoms. The van der Waals surface area contributed by atoms with Gasteiger partial charge in [-0.2, -0.15) is 0 Å². The number of piperidine rings is 1. The Kier molecular flexibility index (Phi) is 5.29. The van der Waals surface area contributed by atoms with Crippen LogP contribution in [0.15, 0.2) is 48.9 Å². The summed E-state index contributed by atoms with van der Waals surface area (Å²) in [4.78, 5) is 47.9. The third kappa shape index (κ3) is 3.53. The molecule has 38 heavy (non-hydrogen) atoms. The number of hydrogen-bond donors (Lipinski definition) is 1. The number of imide groups is 1. The average molecular weight is 529 g/mol. The summed E-state index contributed by atoms with van der Waals surface area (Å²) in [5, 5.41) is 3.78. The van der Waals surface area contributed by atoms with Gasteiger partial charge in [-0.15, -0.1) is 0 Å². The Morgan fingerprint density at radius 1 is 0.947 bits per heavy atom. The van der Waals surface area contributed by atoms with Gasteiger partial charge in [0.15, 0.2) is 0 Å². The molecular weight excluding hydrogens is 504 g/mol. The number of aromatic nitrogens is 3. The predicted molar refractivity (Wildman–Crippen MR) is 143 cm³/mol. The Balaban J connectivity index is 1.37. The summed E-state index contributed by atoms with van der Waals surface area (Å²) in [6.45, 7) is 3.12. The minimum atomic E-state index is -0.454. The van der Waals surface area contributed by atoms with Crippen molar-refractivity contribution >= 4 is 57.1 Å². The molecule has 1 saturated heterocycles. The maximum Gasteiger partial charge on any atom is 0.320 e. The van der Waals surface area contributed by atoms with Crippen molar-refractivity contribution in [1.29, 1.82) is 0 Å². The zero-order valence-corrected chi connectivity index (χ0v) is 21.4. The van der Waals surface area contributed by atoms with Gasteiger partial charge in [-0.3, -0.25) is 19.3 Å². The maximum absolute atomic E-state index is 13.3. The van der Waals surface area contributed by atoms with E-state index in [1.165, 1.54) is 0 Å². The number of benzene rings is 1. The van der Waals surface area contributed by atoms with Crippen LogP contribution in [0.3, 0.4) is 0 Å². The van der Waals surface area contributed by atoms with E-state index >= 15 is 0 Å². The van der Waals surface area contributed by atoms with Crippen molar-refractivity contribution in [3.05, 3.63) is 70.8 Å². The summed E-state index contributed by atoms with van der Waals surface area (Å²) in [6, 6.07) is 9.36. The van der Waals surface area contributed by atoms with Gasteiger partial charge in [-0.1, -0.05) is 17.7 Å². The molecule has 0 aliphatic carbocycles. The highest BCUT2D eigenvalue weighted by Gasteiger charge is 2.36. The minimum Gasteiger partial charge on any atom is -0.345 e. The van der Waals surface area contributed by atoms with Crippen LogP contribution < -0.4 is 5.32 Å². The van der Waals surface area contributed by atoms with Crippen molar-refractivity contribution in [2.24, 2.45) is 0 Å². The number of fused-ring (bicyclic) bond motifs is 1. The molecule has 192 valence electrons. The van der Waals surface area contributed by atoms with Gasteiger partial charge >= 0.3 is 6.03 Å². The molecule has 1 aromatic carbocycles. The van der Waals surface area contributed by atoms with Crippen molar-refractivity contribution in [2.75, 3.05) is 19.6 Å². The van der Waals surface area contributed by atoms with Gasteiger partial charge in [0.1, 0.15) is 5.65 Å². The van der Waals surface area contributed by atoms with Crippen LogP contribution in [0.1, 0.15) is 36.1 Å². The third-order valence-corrected chi connectivity index (χ3v) is 7.98. The Morgan fingerprint density at radius 2 is 1.76 bits per heavy atom. The standard InChI is InChI=1S/C28H25ClN6O3/c29-18-12-17-15-34(28(38)32-7-3-1-4-8-32)11-10-33-16-20(19(13-18)25(17)33)23-24(27(37)31-26(23)36)21-14-30-22-6-2-5-9-35(21)22/h2,5-6,9,12-14,16H,1,3-4,7-8,10-11,15H2,(H,31,36,37). The van der Waals surface area contributed by atoms with E-state index in [1.807, 2.05) is 52.5 Å². The summed E-state index contributed by atoms with van der Waals surface area (Å²) in [6.07, 6.45) is 8.59.